The number of pyridine rings is 1. The summed E-state index contributed by atoms with van der Waals surface area (Å²) in [6.07, 6.45) is 2.01. The molecule has 1 aromatic heterocycles. The van der Waals surface area contributed by atoms with Crippen LogP contribution in [0.4, 0.5) is 11.5 Å². The van der Waals surface area contributed by atoms with Crippen molar-refractivity contribution in [1.29, 1.82) is 0 Å². The minimum absolute atomic E-state index is 0.0103. The molecule has 1 fully saturated rings. The SMILES string of the molecule is COc1ccc([N+](=O)[O-])c(N2CCCC(C(C)N)C2)n1. The van der Waals surface area contributed by atoms with E-state index >= 15 is 0 Å². The molecule has 1 saturated heterocycles. The first-order chi connectivity index (χ1) is 9.52. The van der Waals surface area contributed by atoms with E-state index in [1.807, 2.05) is 11.8 Å². The van der Waals surface area contributed by atoms with E-state index in [-0.39, 0.29) is 11.7 Å². The molecular weight excluding hydrogens is 260 g/mol. The zero-order valence-electron chi connectivity index (χ0n) is 11.8. The molecule has 1 aliphatic rings. The highest BCUT2D eigenvalue weighted by atomic mass is 16.6. The van der Waals surface area contributed by atoms with Gasteiger partial charge in [0.1, 0.15) is 0 Å². The van der Waals surface area contributed by atoms with Crippen LogP contribution in [-0.2, 0) is 0 Å². The van der Waals surface area contributed by atoms with Crippen molar-refractivity contribution in [2.24, 2.45) is 11.7 Å². The molecule has 0 aliphatic carbocycles. The molecule has 2 atom stereocenters. The van der Waals surface area contributed by atoms with Crippen molar-refractivity contribution in [2.75, 3.05) is 25.1 Å². The maximum Gasteiger partial charge on any atom is 0.311 e. The molecule has 2 rings (SSSR count). The Labute approximate surface area is 117 Å². The molecule has 2 heterocycles. The van der Waals surface area contributed by atoms with E-state index in [0.29, 0.717) is 24.2 Å². The van der Waals surface area contributed by atoms with E-state index in [1.165, 1.54) is 19.2 Å². The Balaban J connectivity index is 2.32. The summed E-state index contributed by atoms with van der Waals surface area (Å²) in [6.45, 7) is 3.42. The second-order valence-electron chi connectivity index (χ2n) is 5.16. The van der Waals surface area contributed by atoms with E-state index in [4.69, 9.17) is 10.5 Å². The summed E-state index contributed by atoms with van der Waals surface area (Å²) in [6, 6.07) is 3.02. The third-order valence-corrected chi connectivity index (χ3v) is 3.74. The van der Waals surface area contributed by atoms with Crippen LogP contribution in [0.5, 0.6) is 5.88 Å². The minimum atomic E-state index is -0.405. The van der Waals surface area contributed by atoms with Gasteiger partial charge in [-0.15, -0.1) is 0 Å². The average Bonchev–Trinajstić information content (AvgIpc) is 2.46. The van der Waals surface area contributed by atoms with Crippen LogP contribution in [-0.4, -0.2) is 36.1 Å². The normalized spacial score (nSPS) is 20.6. The Morgan fingerprint density at radius 2 is 2.35 bits per heavy atom. The molecule has 1 aromatic rings. The van der Waals surface area contributed by atoms with Crippen LogP contribution < -0.4 is 15.4 Å². The molecule has 2 N–H and O–H groups in total. The van der Waals surface area contributed by atoms with E-state index in [1.54, 1.807) is 0 Å². The predicted octanol–water partition coefficient (Wildman–Crippen LogP) is 1.56. The third-order valence-electron chi connectivity index (χ3n) is 3.74. The van der Waals surface area contributed by atoms with E-state index in [2.05, 4.69) is 4.98 Å². The number of nitro groups is 1. The van der Waals surface area contributed by atoms with Gasteiger partial charge in [-0.05, 0) is 25.7 Å². The summed E-state index contributed by atoms with van der Waals surface area (Å²) < 4.78 is 5.07. The molecular formula is C13H20N4O3. The molecule has 110 valence electrons. The Morgan fingerprint density at radius 1 is 1.60 bits per heavy atom. The zero-order chi connectivity index (χ0) is 14.7. The molecule has 0 spiro atoms. The zero-order valence-corrected chi connectivity index (χ0v) is 11.8. The first kappa shape index (κ1) is 14.5. The van der Waals surface area contributed by atoms with Gasteiger partial charge in [-0.1, -0.05) is 0 Å². The van der Waals surface area contributed by atoms with Gasteiger partial charge in [-0.3, -0.25) is 10.1 Å². The van der Waals surface area contributed by atoms with Crippen LogP contribution in [0.15, 0.2) is 12.1 Å². The van der Waals surface area contributed by atoms with Crippen molar-refractivity contribution < 1.29 is 9.66 Å². The summed E-state index contributed by atoms with van der Waals surface area (Å²) in [5.41, 5.74) is 5.97. The number of hydrogen-bond donors (Lipinski definition) is 1. The van der Waals surface area contributed by atoms with Crippen molar-refractivity contribution in [3.8, 4) is 5.88 Å². The smallest absolute Gasteiger partial charge is 0.311 e. The number of hydrogen-bond acceptors (Lipinski definition) is 6. The maximum atomic E-state index is 11.2. The number of rotatable bonds is 4. The van der Waals surface area contributed by atoms with Crippen LogP contribution in [0.3, 0.4) is 0 Å². The molecule has 0 amide bonds. The Morgan fingerprint density at radius 3 is 2.95 bits per heavy atom. The average molecular weight is 280 g/mol. The van der Waals surface area contributed by atoms with Crippen LogP contribution in [0.2, 0.25) is 0 Å². The molecule has 20 heavy (non-hydrogen) atoms. The lowest BCUT2D eigenvalue weighted by molar-refractivity contribution is -0.384. The number of anilines is 1. The minimum Gasteiger partial charge on any atom is -0.481 e. The van der Waals surface area contributed by atoms with E-state index < -0.39 is 4.92 Å². The molecule has 7 nitrogen and oxygen atoms in total. The van der Waals surface area contributed by atoms with Gasteiger partial charge in [0.25, 0.3) is 0 Å². The number of piperidine rings is 1. The van der Waals surface area contributed by atoms with Crippen LogP contribution in [0.25, 0.3) is 0 Å². The summed E-state index contributed by atoms with van der Waals surface area (Å²) >= 11 is 0. The van der Waals surface area contributed by atoms with Gasteiger partial charge in [0.05, 0.1) is 12.0 Å². The van der Waals surface area contributed by atoms with E-state index in [0.717, 1.165) is 19.4 Å². The quantitative estimate of drug-likeness (QED) is 0.664. The largest absolute Gasteiger partial charge is 0.481 e. The van der Waals surface area contributed by atoms with Gasteiger partial charge in [-0.2, -0.15) is 4.98 Å². The van der Waals surface area contributed by atoms with Crippen molar-refractivity contribution in [1.82, 2.24) is 4.98 Å². The third kappa shape index (κ3) is 2.98. The van der Waals surface area contributed by atoms with Crippen molar-refractivity contribution in [3.05, 3.63) is 22.2 Å². The van der Waals surface area contributed by atoms with Crippen LogP contribution in [0.1, 0.15) is 19.8 Å². The van der Waals surface area contributed by atoms with Gasteiger partial charge >= 0.3 is 5.69 Å². The van der Waals surface area contributed by atoms with Gasteiger partial charge in [-0.25, -0.2) is 0 Å². The summed E-state index contributed by atoms with van der Waals surface area (Å²) in [5.74, 6) is 1.09. The second kappa shape index (κ2) is 6.04. The van der Waals surface area contributed by atoms with E-state index in [9.17, 15) is 10.1 Å². The predicted molar refractivity (Wildman–Crippen MR) is 76.0 cm³/mol. The van der Waals surface area contributed by atoms with Crippen molar-refractivity contribution >= 4 is 11.5 Å². The first-order valence-corrected chi connectivity index (χ1v) is 6.73. The highest BCUT2D eigenvalue weighted by molar-refractivity contribution is 5.59. The lowest BCUT2D eigenvalue weighted by Gasteiger charge is -2.35. The fraction of sp³-hybridized carbons (Fsp3) is 0.615. The molecule has 7 heteroatoms. The number of ether oxygens (including phenoxy) is 1. The Bertz CT molecular complexity index is 493. The van der Waals surface area contributed by atoms with Gasteiger partial charge in [0, 0.05) is 31.3 Å². The molecule has 0 aromatic carbocycles. The first-order valence-electron chi connectivity index (χ1n) is 6.73. The lowest BCUT2D eigenvalue weighted by atomic mass is 9.92. The molecule has 0 radical (unpaired) electrons. The Hall–Kier alpha value is -1.89. The number of aromatic nitrogens is 1. The summed E-state index contributed by atoms with van der Waals surface area (Å²) in [4.78, 5) is 16.9. The lowest BCUT2D eigenvalue weighted by Crippen LogP contribution is -2.43. The topological polar surface area (TPSA) is 94.5 Å². The molecule has 2 unspecified atom stereocenters. The maximum absolute atomic E-state index is 11.2. The van der Waals surface area contributed by atoms with Gasteiger partial charge in [0.2, 0.25) is 11.7 Å². The fourth-order valence-electron chi connectivity index (χ4n) is 2.54. The molecule has 0 saturated carbocycles. The number of nitrogens with zero attached hydrogens (tertiary/aromatic N) is 3. The summed E-state index contributed by atoms with van der Waals surface area (Å²) in [5, 5.41) is 11.2. The molecule has 0 bridgehead atoms. The van der Waals surface area contributed by atoms with Crippen molar-refractivity contribution in [3.63, 3.8) is 0 Å². The monoisotopic (exact) mass is 280 g/mol. The summed E-state index contributed by atoms with van der Waals surface area (Å²) in [7, 11) is 1.50. The number of nitrogens with two attached hydrogens (primary N) is 1. The fourth-order valence-corrected chi connectivity index (χ4v) is 2.54. The van der Waals surface area contributed by atoms with Crippen LogP contribution >= 0.6 is 0 Å². The number of methoxy groups -OCH3 is 1. The van der Waals surface area contributed by atoms with Crippen LogP contribution in [0, 0.1) is 16.0 Å². The van der Waals surface area contributed by atoms with Gasteiger partial charge < -0.3 is 15.4 Å². The standard InChI is InChI=1S/C13H20N4O3/c1-9(14)10-4-3-7-16(8-10)13-11(17(18)19)5-6-12(15-13)20-2/h5-6,9-10H,3-4,7-8,14H2,1-2H3. The van der Waals surface area contributed by atoms with Gasteiger partial charge in [0.15, 0.2) is 0 Å². The highest BCUT2D eigenvalue weighted by Crippen LogP contribution is 2.32. The molecule has 1 aliphatic heterocycles. The second-order valence-corrected chi connectivity index (χ2v) is 5.16. The highest BCUT2D eigenvalue weighted by Gasteiger charge is 2.28. The Kier molecular flexibility index (Phi) is 4.39. The van der Waals surface area contributed by atoms with Crippen molar-refractivity contribution in [2.45, 2.75) is 25.8 Å².